The summed E-state index contributed by atoms with van der Waals surface area (Å²) >= 11 is 6.01. The topological polar surface area (TPSA) is 70.7 Å². The molecule has 1 aliphatic rings. The van der Waals surface area contributed by atoms with Crippen LogP contribution in [0.2, 0.25) is 5.02 Å². The zero-order chi connectivity index (χ0) is 20.8. The van der Waals surface area contributed by atoms with Gasteiger partial charge in [0, 0.05) is 29.7 Å². The van der Waals surface area contributed by atoms with E-state index in [1.54, 1.807) is 25.3 Å². The van der Waals surface area contributed by atoms with Gasteiger partial charge < -0.3 is 15.4 Å². The van der Waals surface area contributed by atoms with Crippen molar-refractivity contribution >= 4 is 29.1 Å². The first-order chi connectivity index (χ1) is 14.0. The minimum atomic E-state index is -0.118. The largest absolute Gasteiger partial charge is 0.495 e. The fourth-order valence-corrected chi connectivity index (χ4v) is 3.67. The highest BCUT2D eigenvalue weighted by Crippen LogP contribution is 2.27. The van der Waals surface area contributed by atoms with E-state index >= 15 is 0 Å². The van der Waals surface area contributed by atoms with Gasteiger partial charge in [0.1, 0.15) is 5.75 Å². The minimum Gasteiger partial charge on any atom is -0.495 e. The Kier molecular flexibility index (Phi) is 7.12. The molecule has 0 spiro atoms. The molecule has 2 N–H and O–H groups in total. The molecule has 2 aromatic carbocycles. The van der Waals surface area contributed by atoms with Crippen LogP contribution in [-0.2, 0) is 4.79 Å². The van der Waals surface area contributed by atoms with E-state index in [9.17, 15) is 9.59 Å². The number of ether oxygens (including phenoxy) is 1. The van der Waals surface area contributed by atoms with Gasteiger partial charge in [-0.15, -0.1) is 0 Å². The Bertz CT molecular complexity index is 879. The highest BCUT2D eigenvalue weighted by molar-refractivity contribution is 6.31. The molecule has 1 saturated heterocycles. The van der Waals surface area contributed by atoms with Gasteiger partial charge in [-0.05, 0) is 49.6 Å². The molecule has 0 radical (unpaired) electrons. The lowest BCUT2D eigenvalue weighted by Crippen LogP contribution is -2.46. The van der Waals surface area contributed by atoms with Gasteiger partial charge >= 0.3 is 0 Å². The number of amides is 2. The van der Waals surface area contributed by atoms with Crippen LogP contribution < -0.4 is 15.4 Å². The second kappa shape index (κ2) is 9.76. The Hall–Kier alpha value is -2.57. The first-order valence-electron chi connectivity index (χ1n) is 9.68. The molecule has 0 unspecified atom stereocenters. The molecular weight excluding hydrogens is 390 g/mol. The lowest BCUT2D eigenvalue weighted by atomic mass is 10.0. The summed E-state index contributed by atoms with van der Waals surface area (Å²) in [4.78, 5) is 27.0. The molecule has 1 heterocycles. The van der Waals surface area contributed by atoms with E-state index in [0.29, 0.717) is 22.0 Å². The number of methoxy groups -OCH3 is 1. The highest BCUT2D eigenvalue weighted by Gasteiger charge is 2.23. The van der Waals surface area contributed by atoms with Crippen LogP contribution in [0.15, 0.2) is 42.5 Å². The van der Waals surface area contributed by atoms with Crippen LogP contribution in [0.25, 0.3) is 0 Å². The molecule has 154 valence electrons. The fourth-order valence-electron chi connectivity index (χ4n) is 3.50. The summed E-state index contributed by atoms with van der Waals surface area (Å²) in [6, 6.07) is 12.8. The zero-order valence-electron chi connectivity index (χ0n) is 16.7. The van der Waals surface area contributed by atoms with Gasteiger partial charge in [-0.2, -0.15) is 0 Å². The number of likely N-dealkylation sites (tertiary alicyclic amines) is 1. The summed E-state index contributed by atoms with van der Waals surface area (Å²) < 4.78 is 5.26. The summed E-state index contributed by atoms with van der Waals surface area (Å²) in [5, 5.41) is 6.51. The Morgan fingerprint density at radius 1 is 1.17 bits per heavy atom. The third-order valence-corrected chi connectivity index (χ3v) is 5.35. The van der Waals surface area contributed by atoms with Crippen molar-refractivity contribution in [2.24, 2.45) is 0 Å². The minimum absolute atomic E-state index is 0.0349. The van der Waals surface area contributed by atoms with E-state index in [4.69, 9.17) is 16.3 Å². The van der Waals surface area contributed by atoms with Crippen molar-refractivity contribution in [1.29, 1.82) is 0 Å². The maximum absolute atomic E-state index is 12.5. The van der Waals surface area contributed by atoms with Crippen molar-refractivity contribution in [1.82, 2.24) is 10.2 Å². The Balaban J connectivity index is 1.47. The number of rotatable bonds is 6. The Labute approximate surface area is 176 Å². The number of anilines is 1. The van der Waals surface area contributed by atoms with Crippen molar-refractivity contribution in [2.75, 3.05) is 32.1 Å². The van der Waals surface area contributed by atoms with Gasteiger partial charge in [-0.1, -0.05) is 29.8 Å². The lowest BCUT2D eigenvalue weighted by molar-refractivity contribution is -0.117. The number of halogens is 1. The van der Waals surface area contributed by atoms with E-state index in [-0.39, 0.29) is 24.4 Å². The number of benzene rings is 2. The van der Waals surface area contributed by atoms with Crippen LogP contribution in [0.5, 0.6) is 5.75 Å². The van der Waals surface area contributed by atoms with Crippen LogP contribution in [-0.4, -0.2) is 49.5 Å². The maximum Gasteiger partial charge on any atom is 0.251 e. The fraction of sp³-hybridized carbons (Fsp3) is 0.364. The van der Waals surface area contributed by atoms with E-state index < -0.39 is 0 Å². The van der Waals surface area contributed by atoms with Crippen LogP contribution in [0.3, 0.4) is 0 Å². The second-order valence-electron chi connectivity index (χ2n) is 7.23. The number of piperidine rings is 1. The third kappa shape index (κ3) is 5.71. The van der Waals surface area contributed by atoms with Crippen LogP contribution >= 0.6 is 11.6 Å². The smallest absolute Gasteiger partial charge is 0.251 e. The molecule has 0 aliphatic carbocycles. The average molecular weight is 416 g/mol. The van der Waals surface area contributed by atoms with Crippen molar-refractivity contribution in [2.45, 2.75) is 25.8 Å². The molecule has 2 aromatic rings. The molecule has 7 heteroatoms. The maximum atomic E-state index is 12.5. The monoisotopic (exact) mass is 415 g/mol. The zero-order valence-corrected chi connectivity index (χ0v) is 17.5. The van der Waals surface area contributed by atoms with Gasteiger partial charge in [0.2, 0.25) is 5.91 Å². The number of aryl methyl sites for hydroxylation is 1. The van der Waals surface area contributed by atoms with Crippen molar-refractivity contribution in [3.8, 4) is 5.75 Å². The highest BCUT2D eigenvalue weighted by atomic mass is 35.5. The van der Waals surface area contributed by atoms with Crippen molar-refractivity contribution in [3.05, 3.63) is 58.6 Å². The quantitative estimate of drug-likeness (QED) is 0.757. The first-order valence-corrected chi connectivity index (χ1v) is 10.1. The lowest BCUT2D eigenvalue weighted by Gasteiger charge is -2.32. The average Bonchev–Trinajstić information content (AvgIpc) is 2.70. The predicted octanol–water partition coefficient (Wildman–Crippen LogP) is 3.49. The van der Waals surface area contributed by atoms with Gasteiger partial charge in [0.15, 0.2) is 0 Å². The van der Waals surface area contributed by atoms with E-state index in [1.807, 2.05) is 31.2 Å². The molecule has 0 aromatic heterocycles. The summed E-state index contributed by atoms with van der Waals surface area (Å²) in [7, 11) is 1.55. The normalized spacial score (nSPS) is 15.0. The number of carbonyl (C=O) groups is 2. The number of hydrogen-bond donors (Lipinski definition) is 2. The third-order valence-electron chi connectivity index (χ3n) is 5.12. The van der Waals surface area contributed by atoms with Gasteiger partial charge in [-0.25, -0.2) is 0 Å². The molecule has 6 nitrogen and oxygen atoms in total. The van der Waals surface area contributed by atoms with E-state index in [1.165, 1.54) is 0 Å². The molecule has 1 fully saturated rings. The summed E-state index contributed by atoms with van der Waals surface area (Å²) in [6.45, 7) is 3.72. The van der Waals surface area contributed by atoms with Crippen molar-refractivity contribution in [3.63, 3.8) is 0 Å². The van der Waals surface area contributed by atoms with Gasteiger partial charge in [0.25, 0.3) is 5.91 Å². The number of carbonyl (C=O) groups excluding carboxylic acids is 2. The summed E-state index contributed by atoms with van der Waals surface area (Å²) in [6.07, 6.45) is 1.62. The van der Waals surface area contributed by atoms with Gasteiger partial charge in [-0.3, -0.25) is 14.5 Å². The SMILES string of the molecule is COc1ccc(Cl)cc1NC(=O)CN1CCC(NC(=O)c2ccccc2C)CC1. The number of nitrogens with one attached hydrogen (secondary N) is 2. The summed E-state index contributed by atoms with van der Waals surface area (Å²) in [5.41, 5.74) is 2.24. The molecule has 0 saturated carbocycles. The Morgan fingerprint density at radius 2 is 1.90 bits per heavy atom. The molecule has 29 heavy (non-hydrogen) atoms. The van der Waals surface area contributed by atoms with E-state index in [2.05, 4.69) is 15.5 Å². The molecule has 0 atom stereocenters. The number of nitrogens with zero attached hydrogens (tertiary/aromatic N) is 1. The first kappa shape index (κ1) is 21.1. The molecule has 1 aliphatic heterocycles. The number of hydrogen-bond acceptors (Lipinski definition) is 4. The second-order valence-corrected chi connectivity index (χ2v) is 7.67. The van der Waals surface area contributed by atoms with Crippen LogP contribution in [0.1, 0.15) is 28.8 Å². The molecular formula is C22H26ClN3O3. The molecule has 2 amide bonds. The Morgan fingerprint density at radius 3 is 2.59 bits per heavy atom. The molecule has 0 bridgehead atoms. The summed E-state index contributed by atoms with van der Waals surface area (Å²) in [5.74, 6) is 0.417. The molecule has 3 rings (SSSR count). The predicted molar refractivity (Wildman–Crippen MR) is 115 cm³/mol. The van der Waals surface area contributed by atoms with Crippen LogP contribution in [0.4, 0.5) is 5.69 Å². The van der Waals surface area contributed by atoms with Crippen LogP contribution in [0, 0.1) is 6.92 Å². The van der Waals surface area contributed by atoms with E-state index in [0.717, 1.165) is 31.5 Å². The van der Waals surface area contributed by atoms with Gasteiger partial charge in [0.05, 0.1) is 19.3 Å². The standard InChI is InChI=1S/C22H26ClN3O3/c1-15-5-3-4-6-18(15)22(28)24-17-9-11-26(12-10-17)14-21(27)25-19-13-16(23)7-8-20(19)29-2/h3-8,13,17H,9-12,14H2,1-2H3,(H,24,28)(H,25,27). The van der Waals surface area contributed by atoms with Crippen molar-refractivity contribution < 1.29 is 14.3 Å².